The van der Waals surface area contributed by atoms with Crippen molar-refractivity contribution in [1.29, 1.82) is 0 Å². The summed E-state index contributed by atoms with van der Waals surface area (Å²) in [5.74, 6) is 1.28. The molecule has 0 radical (unpaired) electrons. The highest BCUT2D eigenvalue weighted by atomic mass is 15.0. The molecule has 74 valence electrons. The Bertz CT molecular complexity index is 333. The third-order valence-corrected chi connectivity index (χ3v) is 3.54. The van der Waals surface area contributed by atoms with E-state index in [0.29, 0.717) is 17.8 Å². The van der Waals surface area contributed by atoms with E-state index in [0.717, 1.165) is 6.04 Å². The normalized spacial score (nSPS) is 35.0. The predicted octanol–water partition coefficient (Wildman–Crippen LogP) is 1.27. The van der Waals surface area contributed by atoms with E-state index in [4.69, 9.17) is 5.73 Å². The molecule has 3 nitrogen and oxygen atoms in total. The van der Waals surface area contributed by atoms with Gasteiger partial charge in [0, 0.05) is 24.2 Å². The lowest BCUT2D eigenvalue weighted by Crippen LogP contribution is -2.21. The molecular formula is C11H15N3. The standard InChI is InChI=1S/C11H15N3/c12-11-4-1-7(6-13-11)9-5-8-2-3-10(9)14-8/h1,4,6,8-10,14H,2-3,5H2,(H2,12,13)/t8-,9+,10+/m0/s1. The summed E-state index contributed by atoms with van der Waals surface area (Å²) in [6.07, 6.45) is 5.88. The highest BCUT2D eigenvalue weighted by Crippen LogP contribution is 2.39. The van der Waals surface area contributed by atoms with Crippen LogP contribution in [-0.2, 0) is 0 Å². The van der Waals surface area contributed by atoms with Crippen LogP contribution in [0.3, 0.4) is 0 Å². The minimum Gasteiger partial charge on any atom is -0.384 e. The number of hydrogen-bond donors (Lipinski definition) is 2. The molecule has 14 heavy (non-hydrogen) atoms. The molecule has 0 spiro atoms. The summed E-state index contributed by atoms with van der Waals surface area (Å²) in [5, 5.41) is 3.63. The molecule has 2 bridgehead atoms. The van der Waals surface area contributed by atoms with Crippen LogP contribution in [-0.4, -0.2) is 17.1 Å². The maximum Gasteiger partial charge on any atom is 0.123 e. The Balaban J connectivity index is 1.86. The molecule has 2 aliphatic heterocycles. The fourth-order valence-corrected chi connectivity index (χ4v) is 2.83. The molecule has 3 heteroatoms. The van der Waals surface area contributed by atoms with E-state index in [2.05, 4.69) is 16.4 Å². The van der Waals surface area contributed by atoms with E-state index in [1.54, 1.807) is 0 Å². The van der Waals surface area contributed by atoms with Crippen molar-refractivity contribution in [3.63, 3.8) is 0 Å². The van der Waals surface area contributed by atoms with Crippen molar-refractivity contribution >= 4 is 5.82 Å². The van der Waals surface area contributed by atoms with Gasteiger partial charge in [-0.3, -0.25) is 0 Å². The van der Waals surface area contributed by atoms with Crippen molar-refractivity contribution < 1.29 is 0 Å². The molecule has 0 amide bonds. The van der Waals surface area contributed by atoms with Gasteiger partial charge in [0.15, 0.2) is 0 Å². The summed E-state index contributed by atoms with van der Waals surface area (Å²) in [6, 6.07) is 5.46. The van der Waals surface area contributed by atoms with E-state index in [1.807, 2.05) is 12.3 Å². The Morgan fingerprint density at radius 3 is 2.86 bits per heavy atom. The second kappa shape index (κ2) is 2.95. The van der Waals surface area contributed by atoms with Gasteiger partial charge in [-0.05, 0) is 30.9 Å². The van der Waals surface area contributed by atoms with Crippen molar-refractivity contribution in [3.05, 3.63) is 23.9 Å². The van der Waals surface area contributed by atoms with Gasteiger partial charge in [-0.15, -0.1) is 0 Å². The Morgan fingerprint density at radius 2 is 2.29 bits per heavy atom. The number of fused-ring (bicyclic) bond motifs is 2. The first-order valence-electron chi connectivity index (χ1n) is 5.30. The third-order valence-electron chi connectivity index (χ3n) is 3.54. The molecule has 0 aromatic carbocycles. The zero-order valence-corrected chi connectivity index (χ0v) is 8.11. The Labute approximate surface area is 83.7 Å². The molecule has 0 aliphatic carbocycles. The minimum absolute atomic E-state index is 0.616. The van der Waals surface area contributed by atoms with Crippen molar-refractivity contribution in [3.8, 4) is 0 Å². The van der Waals surface area contributed by atoms with Crippen LogP contribution < -0.4 is 11.1 Å². The summed E-state index contributed by atoms with van der Waals surface area (Å²) in [6.45, 7) is 0. The fourth-order valence-electron chi connectivity index (χ4n) is 2.83. The maximum atomic E-state index is 5.57. The van der Waals surface area contributed by atoms with Gasteiger partial charge in [-0.2, -0.15) is 0 Å². The topological polar surface area (TPSA) is 50.9 Å². The Morgan fingerprint density at radius 1 is 1.36 bits per heavy atom. The maximum absolute atomic E-state index is 5.57. The number of rotatable bonds is 1. The van der Waals surface area contributed by atoms with Crippen LogP contribution in [0.15, 0.2) is 18.3 Å². The van der Waals surface area contributed by atoms with Crippen molar-refractivity contribution in [2.24, 2.45) is 0 Å². The first-order chi connectivity index (χ1) is 6.83. The number of nitrogens with zero attached hydrogens (tertiary/aromatic N) is 1. The van der Waals surface area contributed by atoms with E-state index in [-0.39, 0.29) is 0 Å². The number of nitrogens with two attached hydrogens (primary N) is 1. The second-order valence-electron chi connectivity index (χ2n) is 4.41. The second-order valence-corrected chi connectivity index (χ2v) is 4.41. The van der Waals surface area contributed by atoms with E-state index >= 15 is 0 Å². The Hall–Kier alpha value is -1.09. The van der Waals surface area contributed by atoms with Crippen molar-refractivity contribution in [1.82, 2.24) is 10.3 Å². The highest BCUT2D eigenvalue weighted by molar-refractivity contribution is 5.32. The van der Waals surface area contributed by atoms with Crippen LogP contribution in [0, 0.1) is 0 Å². The zero-order valence-electron chi connectivity index (χ0n) is 8.11. The lowest BCUT2D eigenvalue weighted by Gasteiger charge is -2.19. The van der Waals surface area contributed by atoms with Crippen LogP contribution in [0.5, 0.6) is 0 Å². The average Bonchev–Trinajstić information content (AvgIpc) is 2.80. The van der Waals surface area contributed by atoms with E-state index < -0.39 is 0 Å². The molecule has 0 unspecified atom stereocenters. The van der Waals surface area contributed by atoms with Gasteiger partial charge in [-0.1, -0.05) is 6.07 Å². The average molecular weight is 189 g/mol. The number of anilines is 1. The number of pyridine rings is 1. The number of nitrogen functional groups attached to an aromatic ring is 1. The summed E-state index contributed by atoms with van der Waals surface area (Å²) in [5.41, 5.74) is 6.92. The largest absolute Gasteiger partial charge is 0.384 e. The zero-order chi connectivity index (χ0) is 9.54. The molecule has 2 saturated heterocycles. The summed E-state index contributed by atoms with van der Waals surface area (Å²) < 4.78 is 0. The van der Waals surface area contributed by atoms with Crippen LogP contribution in [0.2, 0.25) is 0 Å². The number of aromatic nitrogens is 1. The molecule has 3 rings (SSSR count). The predicted molar refractivity (Wildman–Crippen MR) is 56.0 cm³/mol. The van der Waals surface area contributed by atoms with Crippen LogP contribution in [0.25, 0.3) is 0 Å². The van der Waals surface area contributed by atoms with Crippen LogP contribution in [0.4, 0.5) is 5.82 Å². The van der Waals surface area contributed by atoms with Gasteiger partial charge in [0.05, 0.1) is 0 Å². The summed E-state index contributed by atoms with van der Waals surface area (Å²) in [4.78, 5) is 4.16. The molecule has 3 atom stereocenters. The first kappa shape index (κ1) is 8.24. The Kier molecular flexibility index (Phi) is 1.74. The minimum atomic E-state index is 0.616. The van der Waals surface area contributed by atoms with Gasteiger partial charge in [0.2, 0.25) is 0 Å². The highest BCUT2D eigenvalue weighted by Gasteiger charge is 2.39. The molecule has 0 saturated carbocycles. The van der Waals surface area contributed by atoms with Crippen LogP contribution in [0.1, 0.15) is 30.7 Å². The fraction of sp³-hybridized carbons (Fsp3) is 0.545. The monoisotopic (exact) mass is 189 g/mol. The van der Waals surface area contributed by atoms with Gasteiger partial charge in [0.25, 0.3) is 0 Å². The van der Waals surface area contributed by atoms with Gasteiger partial charge >= 0.3 is 0 Å². The molecule has 3 N–H and O–H groups in total. The van der Waals surface area contributed by atoms with Gasteiger partial charge < -0.3 is 11.1 Å². The van der Waals surface area contributed by atoms with Crippen LogP contribution >= 0.6 is 0 Å². The van der Waals surface area contributed by atoms with E-state index in [1.165, 1.54) is 24.8 Å². The molecular weight excluding hydrogens is 174 g/mol. The van der Waals surface area contributed by atoms with Crippen molar-refractivity contribution in [2.45, 2.75) is 37.3 Å². The summed E-state index contributed by atoms with van der Waals surface area (Å²) >= 11 is 0. The lowest BCUT2D eigenvalue weighted by atomic mass is 9.85. The number of hydrogen-bond acceptors (Lipinski definition) is 3. The summed E-state index contributed by atoms with van der Waals surface area (Å²) in [7, 11) is 0. The van der Waals surface area contributed by atoms with E-state index in [9.17, 15) is 0 Å². The molecule has 2 aliphatic rings. The van der Waals surface area contributed by atoms with Gasteiger partial charge in [-0.25, -0.2) is 4.98 Å². The van der Waals surface area contributed by atoms with Crippen molar-refractivity contribution in [2.75, 3.05) is 5.73 Å². The number of nitrogens with one attached hydrogen (secondary N) is 1. The molecule has 2 fully saturated rings. The quantitative estimate of drug-likeness (QED) is 0.699. The first-order valence-corrected chi connectivity index (χ1v) is 5.30. The molecule has 3 heterocycles. The SMILES string of the molecule is Nc1ccc([C@H]2C[C@@H]3CC[C@H]2N3)cn1. The third kappa shape index (κ3) is 1.20. The lowest BCUT2D eigenvalue weighted by molar-refractivity contribution is 0.505. The molecule has 1 aromatic rings. The smallest absolute Gasteiger partial charge is 0.123 e. The van der Waals surface area contributed by atoms with Gasteiger partial charge in [0.1, 0.15) is 5.82 Å². The molecule has 1 aromatic heterocycles.